The van der Waals surface area contributed by atoms with E-state index in [0.29, 0.717) is 5.92 Å². The lowest BCUT2D eigenvalue weighted by Gasteiger charge is -2.15. The lowest BCUT2D eigenvalue weighted by molar-refractivity contribution is 0.346. The first-order valence-electron chi connectivity index (χ1n) is 6.19. The van der Waals surface area contributed by atoms with Crippen LogP contribution in [0.3, 0.4) is 0 Å². The van der Waals surface area contributed by atoms with Gasteiger partial charge in [-0.3, -0.25) is 0 Å². The summed E-state index contributed by atoms with van der Waals surface area (Å²) in [5.41, 5.74) is 5.69. The molecule has 1 atom stereocenters. The molecule has 5 heteroatoms. The highest BCUT2D eigenvalue weighted by Gasteiger charge is 2.20. The number of hydrogen-bond acceptors (Lipinski definition) is 3. The topological polar surface area (TPSA) is 29.3 Å². The van der Waals surface area contributed by atoms with Gasteiger partial charge < -0.3 is 10.6 Å². The summed E-state index contributed by atoms with van der Waals surface area (Å²) < 4.78 is 0. The molecule has 0 aromatic heterocycles. The number of nitrogens with two attached hydrogens (primary N) is 1. The van der Waals surface area contributed by atoms with Crippen LogP contribution < -0.4 is 5.73 Å². The van der Waals surface area contributed by atoms with E-state index >= 15 is 0 Å². The van der Waals surface area contributed by atoms with Gasteiger partial charge in [-0.15, -0.1) is 11.8 Å². The molecule has 1 fully saturated rings. The van der Waals surface area contributed by atoms with E-state index in [-0.39, 0.29) is 0 Å². The van der Waals surface area contributed by atoms with Crippen LogP contribution in [0.25, 0.3) is 0 Å². The Morgan fingerprint density at radius 2 is 2.22 bits per heavy atom. The summed E-state index contributed by atoms with van der Waals surface area (Å²) in [5, 5.41) is 1.52. The highest BCUT2D eigenvalue weighted by atomic mass is 35.5. The molecule has 18 heavy (non-hydrogen) atoms. The molecule has 0 radical (unpaired) electrons. The van der Waals surface area contributed by atoms with E-state index in [1.807, 2.05) is 18.2 Å². The number of hydrogen-bond donors (Lipinski definition) is 1. The van der Waals surface area contributed by atoms with Gasteiger partial charge in [0, 0.05) is 28.8 Å². The SMILES string of the molecule is NCC1CCN(CCSc2cc(Cl)ccc2Cl)C1. The van der Waals surface area contributed by atoms with Crippen molar-refractivity contribution in [3.05, 3.63) is 28.2 Å². The second kappa shape index (κ2) is 7.01. The number of nitrogens with zero attached hydrogens (tertiary/aromatic N) is 1. The van der Waals surface area contributed by atoms with Crippen molar-refractivity contribution in [1.82, 2.24) is 4.90 Å². The predicted molar refractivity (Wildman–Crippen MR) is 80.8 cm³/mol. The highest BCUT2D eigenvalue weighted by Crippen LogP contribution is 2.30. The number of halogens is 2. The van der Waals surface area contributed by atoms with E-state index in [4.69, 9.17) is 28.9 Å². The van der Waals surface area contributed by atoms with Gasteiger partial charge in [0.2, 0.25) is 0 Å². The Morgan fingerprint density at radius 1 is 1.39 bits per heavy atom. The van der Waals surface area contributed by atoms with Crippen LogP contribution in [0, 0.1) is 5.92 Å². The summed E-state index contributed by atoms with van der Waals surface area (Å²) in [5.74, 6) is 1.72. The quantitative estimate of drug-likeness (QED) is 0.846. The van der Waals surface area contributed by atoms with Gasteiger partial charge in [0.25, 0.3) is 0 Å². The molecular weight excluding hydrogens is 287 g/mol. The van der Waals surface area contributed by atoms with Crippen LogP contribution in [0.2, 0.25) is 10.0 Å². The van der Waals surface area contributed by atoms with E-state index in [0.717, 1.165) is 40.3 Å². The fraction of sp³-hybridized carbons (Fsp3) is 0.538. The Balaban J connectivity index is 1.77. The third-order valence-corrected chi connectivity index (χ3v) is 4.97. The van der Waals surface area contributed by atoms with Crippen molar-refractivity contribution in [3.8, 4) is 0 Å². The summed E-state index contributed by atoms with van der Waals surface area (Å²) >= 11 is 13.9. The Kier molecular flexibility index (Phi) is 5.64. The average Bonchev–Trinajstić information content (AvgIpc) is 2.81. The van der Waals surface area contributed by atoms with Crippen molar-refractivity contribution in [3.63, 3.8) is 0 Å². The van der Waals surface area contributed by atoms with Crippen molar-refractivity contribution in [2.75, 3.05) is 31.9 Å². The van der Waals surface area contributed by atoms with Gasteiger partial charge in [0.1, 0.15) is 0 Å². The second-order valence-corrected chi connectivity index (χ2v) is 6.59. The summed E-state index contributed by atoms with van der Waals surface area (Å²) in [7, 11) is 0. The monoisotopic (exact) mass is 304 g/mol. The summed E-state index contributed by atoms with van der Waals surface area (Å²) in [4.78, 5) is 3.54. The second-order valence-electron chi connectivity index (χ2n) is 4.61. The largest absolute Gasteiger partial charge is 0.330 e. The van der Waals surface area contributed by atoms with Crippen LogP contribution in [0.15, 0.2) is 23.1 Å². The molecule has 2 rings (SSSR count). The highest BCUT2D eigenvalue weighted by molar-refractivity contribution is 7.99. The molecule has 1 heterocycles. The average molecular weight is 305 g/mol. The van der Waals surface area contributed by atoms with E-state index < -0.39 is 0 Å². The molecule has 1 aliphatic heterocycles. The molecule has 1 unspecified atom stereocenters. The molecule has 1 aromatic carbocycles. The molecular formula is C13H18Cl2N2S. The third-order valence-electron chi connectivity index (χ3n) is 3.26. The van der Waals surface area contributed by atoms with Gasteiger partial charge >= 0.3 is 0 Å². The zero-order chi connectivity index (χ0) is 13.0. The van der Waals surface area contributed by atoms with E-state index in [1.165, 1.54) is 13.0 Å². The van der Waals surface area contributed by atoms with Crippen LogP contribution in [-0.4, -0.2) is 36.8 Å². The van der Waals surface area contributed by atoms with Gasteiger partial charge in [0.05, 0.1) is 5.02 Å². The van der Waals surface area contributed by atoms with Crippen molar-refractivity contribution in [2.45, 2.75) is 11.3 Å². The minimum absolute atomic E-state index is 0.685. The molecule has 100 valence electrons. The van der Waals surface area contributed by atoms with Crippen molar-refractivity contribution >= 4 is 35.0 Å². The molecule has 2 N–H and O–H groups in total. The maximum Gasteiger partial charge on any atom is 0.0542 e. The van der Waals surface area contributed by atoms with Gasteiger partial charge in [-0.05, 0) is 43.6 Å². The molecule has 1 saturated heterocycles. The fourth-order valence-corrected chi connectivity index (χ4v) is 3.68. The van der Waals surface area contributed by atoms with Gasteiger partial charge in [-0.1, -0.05) is 23.2 Å². The number of thioether (sulfide) groups is 1. The molecule has 1 aromatic rings. The fourth-order valence-electron chi connectivity index (χ4n) is 2.18. The smallest absolute Gasteiger partial charge is 0.0542 e. The lowest BCUT2D eigenvalue weighted by atomic mass is 10.1. The number of benzene rings is 1. The summed E-state index contributed by atoms with van der Waals surface area (Å²) in [6, 6.07) is 5.61. The van der Waals surface area contributed by atoms with Crippen LogP contribution >= 0.6 is 35.0 Å². The van der Waals surface area contributed by atoms with E-state index in [9.17, 15) is 0 Å². The van der Waals surface area contributed by atoms with Crippen LogP contribution in [0.5, 0.6) is 0 Å². The van der Waals surface area contributed by atoms with Gasteiger partial charge in [-0.2, -0.15) is 0 Å². The van der Waals surface area contributed by atoms with Crippen molar-refractivity contribution < 1.29 is 0 Å². The van der Waals surface area contributed by atoms with Gasteiger partial charge in [0.15, 0.2) is 0 Å². The Hall–Kier alpha value is 0.0700. The zero-order valence-electron chi connectivity index (χ0n) is 10.2. The maximum absolute atomic E-state index is 6.13. The predicted octanol–water partition coefficient (Wildman–Crippen LogP) is 3.37. The molecule has 1 aliphatic rings. The first kappa shape index (κ1) is 14.5. The third kappa shape index (κ3) is 4.04. The van der Waals surface area contributed by atoms with E-state index in [1.54, 1.807) is 11.8 Å². The standard InChI is InChI=1S/C13H18Cl2N2S/c14-11-1-2-12(15)13(7-11)18-6-5-17-4-3-10(8-16)9-17/h1-2,7,10H,3-6,8-9,16H2. The van der Waals surface area contributed by atoms with Crippen LogP contribution in [0.4, 0.5) is 0 Å². The van der Waals surface area contributed by atoms with Crippen LogP contribution in [0.1, 0.15) is 6.42 Å². The molecule has 0 bridgehead atoms. The molecule has 0 saturated carbocycles. The first-order valence-corrected chi connectivity index (χ1v) is 7.93. The zero-order valence-corrected chi connectivity index (χ0v) is 12.6. The van der Waals surface area contributed by atoms with E-state index in [2.05, 4.69) is 4.90 Å². The van der Waals surface area contributed by atoms with Crippen molar-refractivity contribution in [2.24, 2.45) is 11.7 Å². The Bertz CT molecular complexity index is 401. The Labute approximate surface area is 123 Å². The minimum atomic E-state index is 0.685. The normalized spacial score (nSPS) is 20.5. The minimum Gasteiger partial charge on any atom is -0.330 e. The van der Waals surface area contributed by atoms with Gasteiger partial charge in [-0.25, -0.2) is 0 Å². The number of rotatable bonds is 5. The Morgan fingerprint density at radius 3 is 2.94 bits per heavy atom. The van der Waals surface area contributed by atoms with Crippen LogP contribution in [-0.2, 0) is 0 Å². The molecule has 0 amide bonds. The van der Waals surface area contributed by atoms with Crippen molar-refractivity contribution in [1.29, 1.82) is 0 Å². The first-order chi connectivity index (χ1) is 8.69. The molecule has 0 aliphatic carbocycles. The summed E-state index contributed by atoms with van der Waals surface area (Å²) in [6.07, 6.45) is 1.24. The summed E-state index contributed by atoms with van der Waals surface area (Å²) in [6.45, 7) is 4.21. The maximum atomic E-state index is 6.13. The molecule has 0 spiro atoms. The number of likely N-dealkylation sites (tertiary alicyclic amines) is 1. The molecule has 2 nitrogen and oxygen atoms in total. The lowest BCUT2D eigenvalue weighted by Crippen LogP contribution is -2.25.